The van der Waals surface area contributed by atoms with E-state index in [1.807, 2.05) is 18.2 Å². The molecule has 168 valence electrons. The maximum Gasteiger partial charge on any atom is 0.152 e. The van der Waals surface area contributed by atoms with Crippen LogP contribution < -0.4 is 10.1 Å². The van der Waals surface area contributed by atoms with Gasteiger partial charge in [0, 0.05) is 54.9 Å². The Balaban J connectivity index is 1.23. The molecule has 0 unspecified atom stereocenters. The number of aromatic nitrogens is 2. The molecular weight excluding hydrogens is 414 g/mol. The number of anilines is 1. The van der Waals surface area contributed by atoms with Crippen molar-refractivity contribution in [3.8, 4) is 17.0 Å². The largest absolute Gasteiger partial charge is 0.493 e. The second-order valence-corrected chi connectivity index (χ2v) is 8.09. The SMILES string of the molecule is Fc1cccc(F)c1CNc1n[nH]c2c1Cc1c(OCCCN3CCOCC3)cccc1-2. The molecule has 8 heteroatoms. The number of hydrogen-bond donors (Lipinski definition) is 2. The van der Waals surface area contributed by atoms with Crippen molar-refractivity contribution in [1.29, 1.82) is 0 Å². The van der Waals surface area contributed by atoms with Gasteiger partial charge < -0.3 is 14.8 Å². The minimum atomic E-state index is -0.569. The van der Waals surface area contributed by atoms with Gasteiger partial charge in [0.15, 0.2) is 5.82 Å². The van der Waals surface area contributed by atoms with E-state index in [0.717, 1.165) is 67.4 Å². The van der Waals surface area contributed by atoms with Crippen LogP contribution in [0.4, 0.5) is 14.6 Å². The lowest BCUT2D eigenvalue weighted by molar-refractivity contribution is 0.0358. The van der Waals surface area contributed by atoms with Crippen LogP contribution >= 0.6 is 0 Å². The number of morpholine rings is 1. The van der Waals surface area contributed by atoms with Crippen LogP contribution in [-0.4, -0.2) is 54.6 Å². The number of ether oxygens (including phenoxy) is 2. The Morgan fingerprint density at radius 3 is 2.66 bits per heavy atom. The number of nitrogens with one attached hydrogen (secondary N) is 2. The van der Waals surface area contributed by atoms with Crippen molar-refractivity contribution in [2.75, 3.05) is 44.8 Å². The number of aromatic amines is 1. The van der Waals surface area contributed by atoms with E-state index in [-0.39, 0.29) is 12.1 Å². The smallest absolute Gasteiger partial charge is 0.152 e. The lowest BCUT2D eigenvalue weighted by atomic mass is 10.1. The average molecular weight is 440 g/mol. The molecule has 2 aliphatic rings. The fourth-order valence-corrected chi connectivity index (χ4v) is 4.37. The standard InChI is InChI=1S/C24H26F2N4O2/c25-20-5-2-6-21(26)19(20)15-27-24-18-14-17-16(23(18)28-29-24)4-1-7-22(17)32-11-3-8-30-9-12-31-13-10-30/h1-2,4-7H,3,8-15H2,(H2,27,28,29). The first-order valence-corrected chi connectivity index (χ1v) is 11.0. The number of benzene rings is 2. The summed E-state index contributed by atoms with van der Waals surface area (Å²) in [5.41, 5.74) is 4.09. The minimum Gasteiger partial charge on any atom is -0.493 e. The van der Waals surface area contributed by atoms with E-state index in [0.29, 0.717) is 18.8 Å². The molecule has 5 rings (SSSR count). The summed E-state index contributed by atoms with van der Waals surface area (Å²) in [5.74, 6) is 0.346. The van der Waals surface area contributed by atoms with Gasteiger partial charge in [0.05, 0.1) is 25.5 Å². The predicted molar refractivity (Wildman–Crippen MR) is 118 cm³/mol. The molecule has 32 heavy (non-hydrogen) atoms. The van der Waals surface area contributed by atoms with Gasteiger partial charge in [0.25, 0.3) is 0 Å². The van der Waals surface area contributed by atoms with Crippen molar-refractivity contribution < 1.29 is 18.3 Å². The molecule has 1 saturated heterocycles. The fourth-order valence-electron chi connectivity index (χ4n) is 4.37. The summed E-state index contributed by atoms with van der Waals surface area (Å²) in [6.45, 7) is 5.25. The first-order chi connectivity index (χ1) is 15.7. The van der Waals surface area contributed by atoms with Gasteiger partial charge in [-0.3, -0.25) is 10.00 Å². The van der Waals surface area contributed by atoms with E-state index >= 15 is 0 Å². The number of rotatable bonds is 8. The quantitative estimate of drug-likeness (QED) is 0.406. The van der Waals surface area contributed by atoms with Crippen molar-refractivity contribution in [1.82, 2.24) is 15.1 Å². The topological polar surface area (TPSA) is 62.4 Å². The minimum absolute atomic E-state index is 0.00375. The molecule has 0 radical (unpaired) electrons. The molecule has 1 aliphatic carbocycles. The lowest BCUT2D eigenvalue weighted by Crippen LogP contribution is -2.37. The molecule has 0 amide bonds. The van der Waals surface area contributed by atoms with Crippen LogP contribution in [0.25, 0.3) is 11.3 Å². The lowest BCUT2D eigenvalue weighted by Gasteiger charge is -2.26. The van der Waals surface area contributed by atoms with Gasteiger partial charge >= 0.3 is 0 Å². The highest BCUT2D eigenvalue weighted by Gasteiger charge is 2.27. The number of fused-ring (bicyclic) bond motifs is 3. The molecule has 1 fully saturated rings. The highest BCUT2D eigenvalue weighted by Crippen LogP contribution is 2.42. The molecule has 1 aliphatic heterocycles. The Bertz CT molecular complexity index is 1080. The highest BCUT2D eigenvalue weighted by molar-refractivity contribution is 5.80. The van der Waals surface area contributed by atoms with Crippen LogP contribution in [0, 0.1) is 11.6 Å². The Hall–Kier alpha value is -2.97. The van der Waals surface area contributed by atoms with Gasteiger partial charge in [-0.15, -0.1) is 0 Å². The van der Waals surface area contributed by atoms with Crippen molar-refractivity contribution in [3.05, 3.63) is 64.7 Å². The Morgan fingerprint density at radius 2 is 1.84 bits per heavy atom. The zero-order chi connectivity index (χ0) is 21.9. The van der Waals surface area contributed by atoms with Crippen molar-refractivity contribution in [3.63, 3.8) is 0 Å². The zero-order valence-electron chi connectivity index (χ0n) is 17.8. The van der Waals surface area contributed by atoms with E-state index in [2.05, 4.69) is 20.4 Å². The van der Waals surface area contributed by atoms with Gasteiger partial charge in [-0.2, -0.15) is 5.10 Å². The summed E-state index contributed by atoms with van der Waals surface area (Å²) in [5, 5.41) is 10.5. The number of nitrogens with zero attached hydrogens (tertiary/aromatic N) is 2. The summed E-state index contributed by atoms with van der Waals surface area (Å²) in [6.07, 6.45) is 1.61. The van der Waals surface area contributed by atoms with E-state index in [1.165, 1.54) is 18.2 Å². The summed E-state index contributed by atoms with van der Waals surface area (Å²) in [7, 11) is 0. The Morgan fingerprint density at radius 1 is 1.06 bits per heavy atom. The molecule has 6 nitrogen and oxygen atoms in total. The average Bonchev–Trinajstić information content (AvgIpc) is 3.37. The number of H-pyrrole nitrogens is 1. The van der Waals surface area contributed by atoms with Crippen LogP contribution in [0.1, 0.15) is 23.1 Å². The van der Waals surface area contributed by atoms with E-state index in [4.69, 9.17) is 9.47 Å². The van der Waals surface area contributed by atoms with E-state index in [1.54, 1.807) is 0 Å². The Labute approximate surface area is 185 Å². The first-order valence-electron chi connectivity index (χ1n) is 11.0. The van der Waals surface area contributed by atoms with Crippen LogP contribution in [-0.2, 0) is 17.7 Å². The number of halogens is 2. The van der Waals surface area contributed by atoms with Crippen LogP contribution in [0.5, 0.6) is 5.75 Å². The van der Waals surface area contributed by atoms with Gasteiger partial charge in [-0.1, -0.05) is 18.2 Å². The molecule has 1 aromatic heterocycles. The predicted octanol–water partition coefficient (Wildman–Crippen LogP) is 3.97. The summed E-state index contributed by atoms with van der Waals surface area (Å²) >= 11 is 0. The molecule has 0 bridgehead atoms. The second kappa shape index (κ2) is 9.26. The maximum absolute atomic E-state index is 14.0. The third-order valence-electron chi connectivity index (χ3n) is 6.10. The molecule has 2 aromatic carbocycles. The van der Waals surface area contributed by atoms with Crippen molar-refractivity contribution in [2.45, 2.75) is 19.4 Å². The molecule has 2 heterocycles. The van der Waals surface area contributed by atoms with Gasteiger partial charge in [0.1, 0.15) is 17.4 Å². The zero-order valence-corrected chi connectivity index (χ0v) is 17.8. The van der Waals surface area contributed by atoms with Gasteiger partial charge in [-0.05, 0) is 24.6 Å². The van der Waals surface area contributed by atoms with Crippen LogP contribution in [0.2, 0.25) is 0 Å². The molecular formula is C24H26F2N4O2. The molecule has 0 spiro atoms. The summed E-state index contributed by atoms with van der Waals surface area (Å²) in [4.78, 5) is 2.40. The van der Waals surface area contributed by atoms with E-state index < -0.39 is 11.6 Å². The fraction of sp³-hybridized carbons (Fsp3) is 0.375. The highest BCUT2D eigenvalue weighted by atomic mass is 19.1. The first kappa shape index (κ1) is 20.9. The second-order valence-electron chi connectivity index (χ2n) is 8.09. The number of hydrogen-bond acceptors (Lipinski definition) is 5. The third kappa shape index (κ3) is 4.20. The normalized spacial score (nSPS) is 15.4. The van der Waals surface area contributed by atoms with Crippen molar-refractivity contribution in [2.24, 2.45) is 0 Å². The molecule has 0 saturated carbocycles. The summed E-state index contributed by atoms with van der Waals surface area (Å²) in [6, 6.07) is 9.89. The molecule has 3 aromatic rings. The van der Waals surface area contributed by atoms with Crippen LogP contribution in [0.15, 0.2) is 36.4 Å². The monoisotopic (exact) mass is 440 g/mol. The van der Waals surface area contributed by atoms with Gasteiger partial charge in [0.2, 0.25) is 0 Å². The molecule has 0 atom stereocenters. The van der Waals surface area contributed by atoms with E-state index in [9.17, 15) is 8.78 Å². The Kier molecular flexibility index (Phi) is 6.05. The summed E-state index contributed by atoms with van der Waals surface area (Å²) < 4.78 is 39.4. The third-order valence-corrected chi connectivity index (χ3v) is 6.10. The maximum atomic E-state index is 14.0. The van der Waals surface area contributed by atoms with Gasteiger partial charge in [-0.25, -0.2) is 8.78 Å². The molecule has 2 N–H and O–H groups in total. The van der Waals surface area contributed by atoms with Crippen molar-refractivity contribution >= 4 is 5.82 Å². The van der Waals surface area contributed by atoms with Crippen LogP contribution in [0.3, 0.4) is 0 Å².